The number of anilines is 2. The SMILES string of the molecule is NC=C(c1cnc2ccccc2c1)c1nc(N)cc(N2CCOCC2)n1. The zero-order valence-corrected chi connectivity index (χ0v) is 14.3. The van der Waals surface area contributed by atoms with Crippen molar-refractivity contribution in [2.45, 2.75) is 0 Å². The summed E-state index contributed by atoms with van der Waals surface area (Å²) in [6, 6.07) is 11.7. The van der Waals surface area contributed by atoms with Crippen molar-refractivity contribution in [2.24, 2.45) is 5.73 Å². The molecule has 1 aliphatic heterocycles. The summed E-state index contributed by atoms with van der Waals surface area (Å²) in [6.07, 6.45) is 3.28. The van der Waals surface area contributed by atoms with Gasteiger partial charge in [-0.2, -0.15) is 0 Å². The topological polar surface area (TPSA) is 103 Å². The van der Waals surface area contributed by atoms with Gasteiger partial charge in [0.1, 0.15) is 11.6 Å². The van der Waals surface area contributed by atoms with Crippen LogP contribution in [0.3, 0.4) is 0 Å². The number of benzene rings is 1. The van der Waals surface area contributed by atoms with Crippen LogP contribution in [0.1, 0.15) is 11.4 Å². The maximum atomic E-state index is 6.03. The minimum Gasteiger partial charge on any atom is -0.404 e. The van der Waals surface area contributed by atoms with E-state index in [1.165, 1.54) is 6.20 Å². The van der Waals surface area contributed by atoms with Gasteiger partial charge in [0.25, 0.3) is 0 Å². The third-order valence-corrected chi connectivity index (χ3v) is 4.38. The minimum absolute atomic E-state index is 0.407. The van der Waals surface area contributed by atoms with E-state index >= 15 is 0 Å². The van der Waals surface area contributed by atoms with Crippen molar-refractivity contribution in [2.75, 3.05) is 36.9 Å². The van der Waals surface area contributed by atoms with Crippen molar-refractivity contribution in [3.63, 3.8) is 0 Å². The van der Waals surface area contributed by atoms with Gasteiger partial charge in [0.05, 0.1) is 18.7 Å². The van der Waals surface area contributed by atoms with E-state index in [-0.39, 0.29) is 0 Å². The predicted octanol–water partition coefficient (Wildman–Crippen LogP) is 1.79. The Balaban J connectivity index is 1.74. The lowest BCUT2D eigenvalue weighted by Crippen LogP contribution is -2.37. The second-order valence-electron chi connectivity index (χ2n) is 6.07. The molecule has 1 aliphatic rings. The number of nitrogens with zero attached hydrogens (tertiary/aromatic N) is 4. The Hall–Kier alpha value is -3.19. The smallest absolute Gasteiger partial charge is 0.165 e. The number of aromatic nitrogens is 3. The first-order valence-corrected chi connectivity index (χ1v) is 8.49. The number of hydrogen-bond donors (Lipinski definition) is 2. The lowest BCUT2D eigenvalue weighted by molar-refractivity contribution is 0.122. The van der Waals surface area contributed by atoms with Crippen LogP contribution < -0.4 is 16.4 Å². The lowest BCUT2D eigenvalue weighted by Gasteiger charge is -2.28. The molecule has 3 aromatic rings. The summed E-state index contributed by atoms with van der Waals surface area (Å²) in [5, 5.41) is 1.03. The summed E-state index contributed by atoms with van der Waals surface area (Å²) < 4.78 is 5.40. The first-order valence-electron chi connectivity index (χ1n) is 8.49. The summed E-state index contributed by atoms with van der Waals surface area (Å²) in [5.74, 6) is 1.68. The zero-order valence-electron chi connectivity index (χ0n) is 14.3. The lowest BCUT2D eigenvalue weighted by atomic mass is 10.1. The van der Waals surface area contributed by atoms with E-state index in [0.717, 1.165) is 35.4 Å². The van der Waals surface area contributed by atoms with Gasteiger partial charge in [0.15, 0.2) is 5.82 Å². The van der Waals surface area contributed by atoms with E-state index in [9.17, 15) is 0 Å². The summed E-state index contributed by atoms with van der Waals surface area (Å²) in [7, 11) is 0. The number of pyridine rings is 1. The molecule has 1 fully saturated rings. The van der Waals surface area contributed by atoms with Crippen LogP contribution in [0.4, 0.5) is 11.6 Å². The Kier molecular flexibility index (Phi) is 4.37. The van der Waals surface area contributed by atoms with Gasteiger partial charge in [-0.15, -0.1) is 0 Å². The number of fused-ring (bicyclic) bond motifs is 1. The van der Waals surface area contributed by atoms with Gasteiger partial charge < -0.3 is 21.1 Å². The highest BCUT2D eigenvalue weighted by Gasteiger charge is 2.17. The molecule has 1 aromatic carbocycles. The molecule has 4 rings (SSSR count). The number of rotatable bonds is 3. The van der Waals surface area contributed by atoms with Crippen molar-refractivity contribution < 1.29 is 4.74 Å². The molecule has 7 heteroatoms. The van der Waals surface area contributed by atoms with Gasteiger partial charge in [0.2, 0.25) is 0 Å². The maximum absolute atomic E-state index is 6.03. The molecular formula is C19H20N6O. The molecular weight excluding hydrogens is 328 g/mol. The van der Waals surface area contributed by atoms with Gasteiger partial charge in [-0.25, -0.2) is 9.97 Å². The average molecular weight is 348 g/mol. The van der Waals surface area contributed by atoms with Crippen molar-refractivity contribution in [3.05, 3.63) is 60.2 Å². The first-order chi connectivity index (χ1) is 12.7. The summed E-state index contributed by atoms with van der Waals surface area (Å²) in [4.78, 5) is 15.7. The van der Waals surface area contributed by atoms with Gasteiger partial charge in [-0.3, -0.25) is 4.98 Å². The molecule has 0 aliphatic carbocycles. The van der Waals surface area contributed by atoms with Gasteiger partial charge in [0, 0.05) is 48.1 Å². The Morgan fingerprint density at radius 1 is 1.12 bits per heavy atom. The van der Waals surface area contributed by atoms with Crippen LogP contribution in [-0.2, 0) is 4.74 Å². The fraction of sp³-hybridized carbons (Fsp3) is 0.211. The monoisotopic (exact) mass is 348 g/mol. The molecule has 0 bridgehead atoms. The van der Waals surface area contributed by atoms with Crippen LogP contribution in [-0.4, -0.2) is 41.3 Å². The number of morpholine rings is 1. The van der Waals surface area contributed by atoms with E-state index < -0.39 is 0 Å². The number of hydrogen-bond acceptors (Lipinski definition) is 7. The van der Waals surface area contributed by atoms with E-state index in [4.69, 9.17) is 16.2 Å². The number of nitrogen functional groups attached to an aromatic ring is 1. The second kappa shape index (κ2) is 6.97. The van der Waals surface area contributed by atoms with Gasteiger partial charge >= 0.3 is 0 Å². The van der Waals surface area contributed by atoms with Gasteiger partial charge in [-0.05, 0) is 12.1 Å². The molecule has 1 saturated heterocycles. The summed E-state index contributed by atoms with van der Waals surface area (Å²) >= 11 is 0. The largest absolute Gasteiger partial charge is 0.404 e. The minimum atomic E-state index is 0.407. The molecule has 0 radical (unpaired) electrons. The van der Waals surface area contributed by atoms with E-state index in [2.05, 4.69) is 19.9 Å². The number of para-hydroxylation sites is 1. The Bertz CT molecular complexity index is 965. The zero-order chi connectivity index (χ0) is 17.9. The predicted molar refractivity (Wildman–Crippen MR) is 102 cm³/mol. The maximum Gasteiger partial charge on any atom is 0.165 e. The molecule has 132 valence electrons. The van der Waals surface area contributed by atoms with Crippen molar-refractivity contribution in [1.82, 2.24) is 15.0 Å². The standard InChI is InChI=1S/C19H20N6O/c20-11-15(14-9-13-3-1-2-4-16(13)22-12-14)19-23-17(21)10-18(24-19)25-5-7-26-8-6-25/h1-4,9-12H,5-8,20H2,(H2,21,23,24). The Morgan fingerprint density at radius 3 is 2.73 bits per heavy atom. The van der Waals surface area contributed by atoms with E-state index in [1.807, 2.05) is 30.3 Å². The average Bonchev–Trinajstić information content (AvgIpc) is 2.69. The fourth-order valence-corrected chi connectivity index (χ4v) is 3.05. The van der Waals surface area contributed by atoms with Crippen LogP contribution in [0.15, 0.2) is 48.8 Å². The van der Waals surface area contributed by atoms with E-state index in [1.54, 1.807) is 12.3 Å². The number of ether oxygens (including phenoxy) is 1. The molecule has 2 aromatic heterocycles. The van der Waals surface area contributed by atoms with Crippen LogP contribution in [0, 0.1) is 0 Å². The molecule has 4 N–H and O–H groups in total. The highest BCUT2D eigenvalue weighted by molar-refractivity contribution is 5.85. The Labute approximate surface area is 151 Å². The number of nitrogens with two attached hydrogens (primary N) is 2. The fourth-order valence-electron chi connectivity index (χ4n) is 3.05. The van der Waals surface area contributed by atoms with Crippen LogP contribution >= 0.6 is 0 Å². The third-order valence-electron chi connectivity index (χ3n) is 4.38. The van der Waals surface area contributed by atoms with Crippen molar-refractivity contribution in [3.8, 4) is 0 Å². The van der Waals surface area contributed by atoms with Crippen LogP contribution in [0.25, 0.3) is 16.5 Å². The van der Waals surface area contributed by atoms with Crippen molar-refractivity contribution >= 4 is 28.1 Å². The van der Waals surface area contributed by atoms with Gasteiger partial charge in [-0.1, -0.05) is 18.2 Å². The normalized spacial score (nSPS) is 15.4. The quantitative estimate of drug-likeness (QED) is 0.744. The second-order valence-corrected chi connectivity index (χ2v) is 6.07. The van der Waals surface area contributed by atoms with Crippen LogP contribution in [0.5, 0.6) is 0 Å². The van der Waals surface area contributed by atoms with Crippen LogP contribution in [0.2, 0.25) is 0 Å². The summed E-state index contributed by atoms with van der Waals surface area (Å²) in [6.45, 7) is 2.89. The molecule has 0 spiro atoms. The molecule has 3 heterocycles. The van der Waals surface area contributed by atoms with Crippen molar-refractivity contribution in [1.29, 1.82) is 0 Å². The Morgan fingerprint density at radius 2 is 1.92 bits per heavy atom. The molecule has 0 unspecified atom stereocenters. The molecule has 0 atom stereocenters. The molecule has 26 heavy (non-hydrogen) atoms. The molecule has 0 saturated carbocycles. The molecule has 7 nitrogen and oxygen atoms in total. The third kappa shape index (κ3) is 3.16. The molecule has 0 amide bonds. The first kappa shape index (κ1) is 16.3. The summed E-state index contributed by atoms with van der Waals surface area (Å²) in [5.41, 5.74) is 14.4. The van der Waals surface area contributed by atoms with E-state index in [0.29, 0.717) is 30.4 Å². The highest BCUT2D eigenvalue weighted by atomic mass is 16.5. The highest BCUT2D eigenvalue weighted by Crippen LogP contribution is 2.25.